The number of amides is 1. The van der Waals surface area contributed by atoms with Crippen molar-refractivity contribution in [2.75, 3.05) is 13.2 Å². The molecule has 0 bridgehead atoms. The summed E-state index contributed by atoms with van der Waals surface area (Å²) in [6.45, 7) is 5.63. The highest BCUT2D eigenvalue weighted by atomic mass is 16.6. The van der Waals surface area contributed by atoms with E-state index in [1.165, 1.54) is 5.56 Å². The molecule has 1 unspecified atom stereocenters. The number of benzene rings is 1. The van der Waals surface area contributed by atoms with Crippen LogP contribution >= 0.6 is 0 Å². The maximum absolute atomic E-state index is 11.8. The van der Waals surface area contributed by atoms with Crippen molar-refractivity contribution < 1.29 is 9.53 Å². The molecule has 2 N–H and O–H groups in total. The molecule has 1 aromatic carbocycles. The quantitative estimate of drug-likeness (QED) is 0.887. The van der Waals surface area contributed by atoms with Crippen LogP contribution in [0.25, 0.3) is 0 Å². The molecule has 0 saturated carbocycles. The second-order valence-corrected chi connectivity index (χ2v) is 5.16. The summed E-state index contributed by atoms with van der Waals surface area (Å²) in [7, 11) is 0. The molecule has 0 radical (unpaired) electrons. The van der Waals surface area contributed by atoms with E-state index in [1.807, 2.05) is 26.0 Å². The lowest BCUT2D eigenvalue weighted by molar-refractivity contribution is 0.148. The molecular formula is C14H20N2O2. The van der Waals surface area contributed by atoms with Crippen molar-refractivity contribution in [3.8, 4) is 0 Å². The van der Waals surface area contributed by atoms with Gasteiger partial charge in [-0.3, -0.25) is 4.90 Å². The molecule has 1 atom stereocenters. The van der Waals surface area contributed by atoms with Crippen molar-refractivity contribution >= 4 is 6.09 Å². The van der Waals surface area contributed by atoms with Gasteiger partial charge in [-0.1, -0.05) is 29.8 Å². The first-order valence-electron chi connectivity index (χ1n) is 6.25. The van der Waals surface area contributed by atoms with Crippen molar-refractivity contribution in [1.82, 2.24) is 4.90 Å². The van der Waals surface area contributed by atoms with E-state index in [2.05, 4.69) is 12.1 Å². The van der Waals surface area contributed by atoms with Crippen molar-refractivity contribution in [2.45, 2.75) is 32.4 Å². The fourth-order valence-electron chi connectivity index (χ4n) is 2.24. The number of rotatable bonds is 4. The van der Waals surface area contributed by atoms with Crippen molar-refractivity contribution in [3.63, 3.8) is 0 Å². The molecule has 0 aliphatic carbocycles. The van der Waals surface area contributed by atoms with Crippen molar-refractivity contribution in [2.24, 2.45) is 5.73 Å². The number of hydrogen-bond donors (Lipinski definition) is 1. The molecule has 18 heavy (non-hydrogen) atoms. The predicted octanol–water partition coefficient (Wildman–Crippen LogP) is 2.05. The molecule has 1 fully saturated rings. The summed E-state index contributed by atoms with van der Waals surface area (Å²) in [6.07, 6.45) is 0.511. The maximum Gasteiger partial charge on any atom is 0.410 e. The van der Waals surface area contributed by atoms with E-state index in [9.17, 15) is 4.79 Å². The van der Waals surface area contributed by atoms with Gasteiger partial charge >= 0.3 is 6.09 Å². The standard InChI is InChI=1S/C14H20N2O2/c1-11-3-5-12(6-4-11)9-16-13(17)18-10-14(16,2)7-8-15/h3-6H,7-10,15H2,1-2H3. The van der Waals surface area contributed by atoms with Crippen molar-refractivity contribution in [3.05, 3.63) is 35.4 Å². The maximum atomic E-state index is 11.8. The Morgan fingerprint density at radius 3 is 2.67 bits per heavy atom. The number of carbonyl (C=O) groups is 1. The summed E-state index contributed by atoms with van der Waals surface area (Å²) in [5, 5.41) is 0. The topological polar surface area (TPSA) is 55.6 Å². The molecule has 1 aliphatic rings. The van der Waals surface area contributed by atoms with E-state index in [0.29, 0.717) is 19.7 Å². The highest BCUT2D eigenvalue weighted by molar-refractivity contribution is 5.71. The lowest BCUT2D eigenvalue weighted by atomic mass is 9.97. The summed E-state index contributed by atoms with van der Waals surface area (Å²) < 4.78 is 5.16. The molecule has 2 rings (SSSR count). The van der Waals surface area contributed by atoms with Crippen LogP contribution in [0.3, 0.4) is 0 Å². The molecule has 0 spiro atoms. The second-order valence-electron chi connectivity index (χ2n) is 5.16. The van der Waals surface area contributed by atoms with E-state index in [4.69, 9.17) is 10.5 Å². The summed E-state index contributed by atoms with van der Waals surface area (Å²) in [5.74, 6) is 0. The normalized spacial score (nSPS) is 23.3. The Labute approximate surface area is 108 Å². The predicted molar refractivity (Wildman–Crippen MR) is 70.1 cm³/mol. The summed E-state index contributed by atoms with van der Waals surface area (Å²) >= 11 is 0. The number of hydrogen-bond acceptors (Lipinski definition) is 3. The van der Waals surface area contributed by atoms with Gasteiger partial charge < -0.3 is 10.5 Å². The van der Waals surface area contributed by atoms with E-state index in [-0.39, 0.29) is 11.6 Å². The zero-order valence-electron chi connectivity index (χ0n) is 11.0. The summed E-state index contributed by atoms with van der Waals surface area (Å²) in [4.78, 5) is 13.6. The third-order valence-electron chi connectivity index (χ3n) is 3.52. The molecule has 98 valence electrons. The molecule has 1 amide bonds. The Bertz CT molecular complexity index is 430. The van der Waals surface area contributed by atoms with Crippen LogP contribution in [-0.2, 0) is 11.3 Å². The highest BCUT2D eigenvalue weighted by Crippen LogP contribution is 2.28. The van der Waals surface area contributed by atoms with E-state index < -0.39 is 0 Å². The van der Waals surface area contributed by atoms with Gasteiger partial charge in [0.25, 0.3) is 0 Å². The number of cyclic esters (lactones) is 1. The highest BCUT2D eigenvalue weighted by Gasteiger charge is 2.42. The molecule has 1 heterocycles. The summed E-state index contributed by atoms with van der Waals surface area (Å²) in [6, 6.07) is 8.20. The minimum atomic E-state index is -0.281. The van der Waals surface area contributed by atoms with Crippen LogP contribution in [0.5, 0.6) is 0 Å². The van der Waals surface area contributed by atoms with Crippen LogP contribution in [-0.4, -0.2) is 29.7 Å². The van der Waals surface area contributed by atoms with Gasteiger partial charge in [0.15, 0.2) is 0 Å². The fraction of sp³-hybridized carbons (Fsp3) is 0.500. The second kappa shape index (κ2) is 4.98. The summed E-state index contributed by atoms with van der Waals surface area (Å²) in [5.41, 5.74) is 7.67. The Morgan fingerprint density at radius 1 is 1.39 bits per heavy atom. The van der Waals surface area contributed by atoms with Gasteiger partial charge in [0.2, 0.25) is 0 Å². The first-order chi connectivity index (χ1) is 8.55. The number of carbonyl (C=O) groups excluding carboxylic acids is 1. The molecular weight excluding hydrogens is 228 g/mol. The smallest absolute Gasteiger partial charge is 0.410 e. The average molecular weight is 248 g/mol. The minimum Gasteiger partial charge on any atom is -0.447 e. The number of nitrogens with zero attached hydrogens (tertiary/aromatic N) is 1. The molecule has 4 heteroatoms. The van der Waals surface area contributed by atoms with Gasteiger partial charge in [-0.2, -0.15) is 0 Å². The first kappa shape index (κ1) is 12.9. The van der Waals surface area contributed by atoms with Crippen LogP contribution in [0.2, 0.25) is 0 Å². The zero-order chi connectivity index (χ0) is 13.2. The lowest BCUT2D eigenvalue weighted by Crippen LogP contribution is -2.45. The van der Waals surface area contributed by atoms with Crippen LogP contribution in [0.15, 0.2) is 24.3 Å². The van der Waals surface area contributed by atoms with Gasteiger partial charge in [-0.25, -0.2) is 4.79 Å². The van der Waals surface area contributed by atoms with Gasteiger partial charge in [0.05, 0.1) is 5.54 Å². The Kier molecular flexibility index (Phi) is 3.57. The van der Waals surface area contributed by atoms with Gasteiger partial charge in [-0.05, 0) is 32.4 Å². The zero-order valence-corrected chi connectivity index (χ0v) is 11.0. The SMILES string of the molecule is Cc1ccc(CN2C(=O)OCC2(C)CCN)cc1. The Balaban J connectivity index is 2.15. The third kappa shape index (κ3) is 2.48. The Hall–Kier alpha value is -1.55. The minimum absolute atomic E-state index is 0.244. The largest absolute Gasteiger partial charge is 0.447 e. The van der Waals surface area contributed by atoms with E-state index in [0.717, 1.165) is 12.0 Å². The molecule has 1 aliphatic heterocycles. The average Bonchev–Trinajstić information content (AvgIpc) is 2.61. The fourth-order valence-corrected chi connectivity index (χ4v) is 2.24. The van der Waals surface area contributed by atoms with Crippen LogP contribution in [0.1, 0.15) is 24.5 Å². The molecule has 1 saturated heterocycles. The van der Waals surface area contributed by atoms with E-state index >= 15 is 0 Å². The Morgan fingerprint density at radius 2 is 2.06 bits per heavy atom. The number of ether oxygens (including phenoxy) is 1. The number of nitrogens with two attached hydrogens (primary N) is 1. The molecule has 1 aromatic rings. The van der Waals surface area contributed by atoms with Crippen molar-refractivity contribution in [1.29, 1.82) is 0 Å². The van der Waals surface area contributed by atoms with Gasteiger partial charge in [0, 0.05) is 6.54 Å². The molecule has 0 aromatic heterocycles. The first-order valence-corrected chi connectivity index (χ1v) is 6.25. The van der Waals surface area contributed by atoms with Gasteiger partial charge in [0.1, 0.15) is 6.61 Å². The number of aryl methyl sites for hydroxylation is 1. The van der Waals surface area contributed by atoms with Crippen LogP contribution in [0, 0.1) is 6.92 Å². The third-order valence-corrected chi connectivity index (χ3v) is 3.52. The van der Waals surface area contributed by atoms with Gasteiger partial charge in [-0.15, -0.1) is 0 Å². The van der Waals surface area contributed by atoms with E-state index in [1.54, 1.807) is 4.90 Å². The molecule has 4 nitrogen and oxygen atoms in total. The monoisotopic (exact) mass is 248 g/mol. The van der Waals surface area contributed by atoms with Crippen LogP contribution < -0.4 is 5.73 Å². The lowest BCUT2D eigenvalue weighted by Gasteiger charge is -2.31. The van der Waals surface area contributed by atoms with Crippen LogP contribution in [0.4, 0.5) is 4.79 Å².